The number of ketones is 1. The summed E-state index contributed by atoms with van der Waals surface area (Å²) in [5.74, 6) is 0.419. The highest BCUT2D eigenvalue weighted by molar-refractivity contribution is 8.00. The number of thioether (sulfide) groups is 1. The van der Waals surface area contributed by atoms with Crippen LogP contribution >= 0.6 is 11.8 Å². The first-order chi connectivity index (χ1) is 14.0. The highest BCUT2D eigenvalue weighted by Crippen LogP contribution is 2.28. The summed E-state index contributed by atoms with van der Waals surface area (Å²) >= 11 is 1.21. The van der Waals surface area contributed by atoms with E-state index >= 15 is 0 Å². The number of hydrogen-bond donors (Lipinski definition) is 1. The summed E-state index contributed by atoms with van der Waals surface area (Å²) in [6.45, 7) is 2.11. The number of carbonyl (C=O) groups excluding carboxylic acids is 2. The summed E-state index contributed by atoms with van der Waals surface area (Å²) in [5.41, 5.74) is 2.75. The number of hydrogen-bond acceptors (Lipinski definition) is 5. The molecule has 0 saturated carbocycles. The van der Waals surface area contributed by atoms with Crippen molar-refractivity contribution in [2.45, 2.75) is 30.2 Å². The van der Waals surface area contributed by atoms with Gasteiger partial charge in [-0.2, -0.15) is 0 Å². The van der Waals surface area contributed by atoms with E-state index in [-0.39, 0.29) is 18.1 Å². The molecule has 0 radical (unpaired) electrons. The third kappa shape index (κ3) is 5.32. The van der Waals surface area contributed by atoms with Gasteiger partial charge in [-0.05, 0) is 12.0 Å². The second-order valence-corrected chi connectivity index (χ2v) is 8.02. The highest BCUT2D eigenvalue weighted by atomic mass is 32.2. The molecule has 0 fully saturated rings. The minimum absolute atomic E-state index is 0.0838. The number of H-pyrrole nitrogens is 1. The molecule has 0 saturated heterocycles. The lowest BCUT2D eigenvalue weighted by molar-refractivity contribution is -0.128. The Balaban J connectivity index is 1.81. The van der Waals surface area contributed by atoms with E-state index in [1.165, 1.54) is 22.2 Å². The van der Waals surface area contributed by atoms with Gasteiger partial charge in [0, 0.05) is 31.6 Å². The lowest BCUT2D eigenvalue weighted by atomic mass is 10.1. The first-order valence-electron chi connectivity index (χ1n) is 9.45. The maximum absolute atomic E-state index is 13.0. The van der Waals surface area contributed by atoms with Crippen LogP contribution in [0.2, 0.25) is 0 Å². The number of carbonyl (C=O) groups is 2. The third-order valence-electron chi connectivity index (χ3n) is 4.56. The van der Waals surface area contributed by atoms with Gasteiger partial charge in [-0.15, -0.1) is 5.10 Å². The fourth-order valence-electron chi connectivity index (χ4n) is 2.77. The van der Waals surface area contributed by atoms with E-state index in [0.29, 0.717) is 16.5 Å². The number of aromatic amines is 1. The molecule has 1 aromatic heterocycles. The fraction of sp³-hybridized carbons (Fsp3) is 0.273. The van der Waals surface area contributed by atoms with Gasteiger partial charge >= 0.3 is 0 Å². The molecule has 1 heterocycles. The second-order valence-electron chi connectivity index (χ2n) is 6.85. The SMILES string of the molecule is CCc1ccc(-c2nc(SC(CC(=O)N(C)C)C(=O)c3ccccc3)n[nH]2)cc1. The molecule has 3 aromatic rings. The zero-order valence-corrected chi connectivity index (χ0v) is 17.6. The number of benzene rings is 2. The molecule has 0 bridgehead atoms. The molecule has 0 aliphatic heterocycles. The maximum atomic E-state index is 13.0. The van der Waals surface area contributed by atoms with Crippen molar-refractivity contribution in [2.75, 3.05) is 14.1 Å². The number of nitrogens with one attached hydrogen (secondary N) is 1. The van der Waals surface area contributed by atoms with E-state index in [0.717, 1.165) is 12.0 Å². The molecule has 6 nitrogen and oxygen atoms in total. The van der Waals surface area contributed by atoms with Crippen LogP contribution < -0.4 is 0 Å². The zero-order chi connectivity index (χ0) is 20.8. The summed E-state index contributed by atoms with van der Waals surface area (Å²) in [6, 6.07) is 17.1. The maximum Gasteiger partial charge on any atom is 0.223 e. The first kappa shape index (κ1) is 20.8. The zero-order valence-electron chi connectivity index (χ0n) is 16.8. The second kappa shape index (κ2) is 9.52. The van der Waals surface area contributed by atoms with E-state index in [4.69, 9.17) is 0 Å². The molecular weight excluding hydrogens is 384 g/mol. The van der Waals surface area contributed by atoms with Crippen LogP contribution in [-0.4, -0.2) is 51.1 Å². The minimum Gasteiger partial charge on any atom is -0.349 e. The summed E-state index contributed by atoms with van der Waals surface area (Å²) in [4.78, 5) is 31.3. The van der Waals surface area contributed by atoms with Gasteiger partial charge in [0.05, 0.1) is 5.25 Å². The topological polar surface area (TPSA) is 79.0 Å². The number of aromatic nitrogens is 3. The van der Waals surface area contributed by atoms with Crippen molar-refractivity contribution in [3.63, 3.8) is 0 Å². The van der Waals surface area contributed by atoms with Crippen molar-refractivity contribution in [1.29, 1.82) is 0 Å². The van der Waals surface area contributed by atoms with E-state index in [1.54, 1.807) is 26.2 Å². The van der Waals surface area contributed by atoms with Crippen LogP contribution in [0.1, 0.15) is 29.3 Å². The lowest BCUT2D eigenvalue weighted by Crippen LogP contribution is -2.29. The average Bonchev–Trinajstić information content (AvgIpc) is 3.22. The number of nitrogens with zero attached hydrogens (tertiary/aromatic N) is 3. The number of Topliss-reactive ketones (excluding diaryl/α,β-unsaturated/α-hetero) is 1. The Kier molecular flexibility index (Phi) is 6.82. The molecule has 0 spiro atoms. The van der Waals surface area contributed by atoms with Gasteiger partial charge in [0.15, 0.2) is 11.6 Å². The van der Waals surface area contributed by atoms with Crippen LogP contribution in [0, 0.1) is 0 Å². The summed E-state index contributed by atoms with van der Waals surface area (Å²) in [7, 11) is 3.36. The average molecular weight is 409 g/mol. The first-order valence-corrected chi connectivity index (χ1v) is 10.3. The Labute approximate surface area is 174 Å². The van der Waals surface area contributed by atoms with Crippen molar-refractivity contribution < 1.29 is 9.59 Å². The highest BCUT2D eigenvalue weighted by Gasteiger charge is 2.26. The Morgan fingerprint density at radius 2 is 1.76 bits per heavy atom. The molecule has 1 atom stereocenters. The molecule has 3 rings (SSSR count). The van der Waals surface area contributed by atoms with Gasteiger partial charge in [-0.1, -0.05) is 73.3 Å². The predicted molar refractivity (Wildman–Crippen MR) is 115 cm³/mol. The summed E-state index contributed by atoms with van der Waals surface area (Å²) < 4.78 is 0. The lowest BCUT2D eigenvalue weighted by Gasteiger charge is -2.16. The summed E-state index contributed by atoms with van der Waals surface area (Å²) in [6.07, 6.45) is 1.06. The molecule has 1 unspecified atom stereocenters. The normalized spacial score (nSPS) is 11.8. The molecule has 29 heavy (non-hydrogen) atoms. The molecule has 150 valence electrons. The van der Waals surface area contributed by atoms with Gasteiger partial charge in [0.2, 0.25) is 11.1 Å². The van der Waals surface area contributed by atoms with Gasteiger partial charge in [0.1, 0.15) is 0 Å². The molecule has 0 aliphatic rings. The summed E-state index contributed by atoms with van der Waals surface area (Å²) in [5, 5.41) is 7.03. The van der Waals surface area contributed by atoms with Gasteiger partial charge in [0.25, 0.3) is 0 Å². The molecular formula is C22H24N4O2S. The predicted octanol–water partition coefficient (Wildman–Crippen LogP) is 3.86. The van der Waals surface area contributed by atoms with Gasteiger partial charge in [-0.25, -0.2) is 4.98 Å². The van der Waals surface area contributed by atoms with E-state index in [1.807, 2.05) is 30.3 Å². The fourth-order valence-corrected chi connectivity index (χ4v) is 3.74. The Morgan fingerprint density at radius 3 is 2.38 bits per heavy atom. The molecule has 2 aromatic carbocycles. The molecule has 7 heteroatoms. The number of aryl methyl sites for hydroxylation is 1. The van der Waals surface area contributed by atoms with Crippen LogP contribution in [0.4, 0.5) is 0 Å². The number of amides is 1. The standard InChI is InChI=1S/C22H24N4O2S/c1-4-15-10-12-17(13-11-15)21-23-22(25-24-21)29-18(14-19(27)26(2)3)20(28)16-8-6-5-7-9-16/h5-13,18H,4,14H2,1-3H3,(H,23,24,25). The van der Waals surface area contributed by atoms with E-state index < -0.39 is 5.25 Å². The van der Waals surface area contributed by atoms with Crippen LogP contribution in [0.15, 0.2) is 59.8 Å². The van der Waals surface area contributed by atoms with Crippen molar-refractivity contribution in [3.05, 3.63) is 65.7 Å². The van der Waals surface area contributed by atoms with Crippen LogP contribution in [0.3, 0.4) is 0 Å². The monoisotopic (exact) mass is 408 g/mol. The Bertz CT molecular complexity index is 968. The van der Waals surface area contributed by atoms with Crippen LogP contribution in [0.25, 0.3) is 11.4 Å². The number of rotatable bonds is 8. The van der Waals surface area contributed by atoms with Crippen molar-refractivity contribution in [2.24, 2.45) is 0 Å². The third-order valence-corrected chi connectivity index (χ3v) is 5.62. The van der Waals surface area contributed by atoms with E-state index in [2.05, 4.69) is 34.2 Å². The Hall–Kier alpha value is -2.93. The van der Waals surface area contributed by atoms with Crippen LogP contribution in [0.5, 0.6) is 0 Å². The molecule has 1 amide bonds. The smallest absolute Gasteiger partial charge is 0.223 e. The van der Waals surface area contributed by atoms with Gasteiger partial charge in [-0.3, -0.25) is 14.7 Å². The molecule has 0 aliphatic carbocycles. The van der Waals surface area contributed by atoms with Crippen molar-refractivity contribution in [1.82, 2.24) is 20.1 Å². The largest absolute Gasteiger partial charge is 0.349 e. The quantitative estimate of drug-likeness (QED) is 0.452. The minimum atomic E-state index is -0.599. The Morgan fingerprint density at radius 1 is 1.07 bits per heavy atom. The van der Waals surface area contributed by atoms with E-state index in [9.17, 15) is 9.59 Å². The van der Waals surface area contributed by atoms with Crippen LogP contribution in [-0.2, 0) is 11.2 Å². The van der Waals surface area contributed by atoms with Crippen molar-refractivity contribution >= 4 is 23.5 Å². The molecule has 1 N–H and O–H groups in total. The van der Waals surface area contributed by atoms with Crippen molar-refractivity contribution in [3.8, 4) is 11.4 Å². The van der Waals surface area contributed by atoms with Gasteiger partial charge < -0.3 is 4.90 Å².